The van der Waals surface area contributed by atoms with Crippen LogP contribution in [0.5, 0.6) is 0 Å². The molecular formula is C12H23NO. The molecule has 2 heteroatoms. The molecule has 0 aromatic heterocycles. The van der Waals surface area contributed by atoms with Gasteiger partial charge < -0.3 is 5.11 Å². The highest BCUT2D eigenvalue weighted by molar-refractivity contribution is 4.79. The van der Waals surface area contributed by atoms with E-state index in [-0.39, 0.29) is 0 Å². The van der Waals surface area contributed by atoms with E-state index in [1.54, 1.807) is 0 Å². The summed E-state index contributed by atoms with van der Waals surface area (Å²) < 4.78 is 0. The molecule has 14 heavy (non-hydrogen) atoms. The van der Waals surface area contributed by atoms with E-state index in [9.17, 15) is 0 Å². The number of unbranched alkanes of at least 4 members (excludes halogenated alkanes) is 3. The highest BCUT2D eigenvalue weighted by Gasteiger charge is 1.99. The Kier molecular flexibility index (Phi) is 10.0. The first-order valence-electron chi connectivity index (χ1n) is 5.40. The minimum atomic E-state index is 0.322. The summed E-state index contributed by atoms with van der Waals surface area (Å²) in [5, 5.41) is 8.61. The highest BCUT2D eigenvalue weighted by atomic mass is 16.2. The summed E-state index contributed by atoms with van der Waals surface area (Å²) in [4.78, 5) is 2.32. The van der Waals surface area contributed by atoms with Gasteiger partial charge in [-0.15, -0.1) is 13.2 Å². The first-order chi connectivity index (χ1) is 6.85. The minimum Gasteiger partial charge on any atom is -0.396 e. The SMILES string of the molecule is C=CCN(CC=C)CCCCCCO. The Labute approximate surface area is 87.9 Å². The minimum absolute atomic E-state index is 0.322. The number of hydrogen-bond acceptors (Lipinski definition) is 2. The van der Waals surface area contributed by atoms with Crippen LogP contribution in [0.2, 0.25) is 0 Å². The Bertz CT molecular complexity index is 135. The highest BCUT2D eigenvalue weighted by Crippen LogP contribution is 2.01. The molecule has 0 fully saturated rings. The van der Waals surface area contributed by atoms with Crippen LogP contribution >= 0.6 is 0 Å². The van der Waals surface area contributed by atoms with Crippen molar-refractivity contribution in [1.82, 2.24) is 4.90 Å². The van der Waals surface area contributed by atoms with Gasteiger partial charge in [0.15, 0.2) is 0 Å². The molecule has 0 rings (SSSR count). The Morgan fingerprint density at radius 3 is 2.00 bits per heavy atom. The van der Waals surface area contributed by atoms with Crippen LogP contribution < -0.4 is 0 Å². The molecule has 0 unspecified atom stereocenters. The number of nitrogens with zero attached hydrogens (tertiary/aromatic N) is 1. The molecule has 0 amide bonds. The molecule has 0 aliphatic carbocycles. The van der Waals surface area contributed by atoms with Gasteiger partial charge >= 0.3 is 0 Å². The van der Waals surface area contributed by atoms with Crippen LogP contribution in [0.15, 0.2) is 25.3 Å². The van der Waals surface area contributed by atoms with Crippen LogP contribution in [0.25, 0.3) is 0 Å². The molecular weight excluding hydrogens is 174 g/mol. The molecule has 0 saturated carbocycles. The van der Waals surface area contributed by atoms with E-state index in [1.807, 2.05) is 12.2 Å². The average Bonchev–Trinajstić information content (AvgIpc) is 2.18. The van der Waals surface area contributed by atoms with Gasteiger partial charge in [0, 0.05) is 19.7 Å². The van der Waals surface area contributed by atoms with E-state index >= 15 is 0 Å². The summed E-state index contributed by atoms with van der Waals surface area (Å²) in [5.41, 5.74) is 0. The standard InChI is InChI=1S/C12H23NO/c1-3-9-13(10-4-2)11-7-5-6-8-12-14/h3-4,14H,1-2,5-12H2. The second-order valence-corrected chi connectivity index (χ2v) is 3.47. The van der Waals surface area contributed by atoms with Gasteiger partial charge in [0.2, 0.25) is 0 Å². The lowest BCUT2D eigenvalue weighted by molar-refractivity contribution is 0.278. The van der Waals surface area contributed by atoms with E-state index < -0.39 is 0 Å². The first kappa shape index (κ1) is 13.4. The van der Waals surface area contributed by atoms with Crippen molar-refractivity contribution in [3.63, 3.8) is 0 Å². The van der Waals surface area contributed by atoms with Crippen molar-refractivity contribution in [3.8, 4) is 0 Å². The topological polar surface area (TPSA) is 23.5 Å². The summed E-state index contributed by atoms with van der Waals surface area (Å²) in [6, 6.07) is 0. The van der Waals surface area contributed by atoms with Gasteiger partial charge in [-0.25, -0.2) is 0 Å². The van der Waals surface area contributed by atoms with Gasteiger partial charge in [-0.2, -0.15) is 0 Å². The molecule has 0 radical (unpaired) electrons. The fraction of sp³-hybridized carbons (Fsp3) is 0.667. The van der Waals surface area contributed by atoms with Crippen LogP contribution in [-0.2, 0) is 0 Å². The third-order valence-electron chi connectivity index (χ3n) is 2.16. The van der Waals surface area contributed by atoms with Crippen LogP contribution in [0.4, 0.5) is 0 Å². The number of aliphatic hydroxyl groups excluding tert-OH is 1. The number of aliphatic hydroxyl groups is 1. The number of hydrogen-bond donors (Lipinski definition) is 1. The molecule has 0 spiro atoms. The van der Waals surface area contributed by atoms with Crippen molar-refractivity contribution < 1.29 is 5.11 Å². The van der Waals surface area contributed by atoms with E-state index in [0.29, 0.717) is 6.61 Å². The van der Waals surface area contributed by atoms with Gasteiger partial charge in [-0.1, -0.05) is 25.0 Å². The van der Waals surface area contributed by atoms with E-state index in [1.165, 1.54) is 12.8 Å². The lowest BCUT2D eigenvalue weighted by atomic mass is 10.2. The third kappa shape index (κ3) is 8.02. The van der Waals surface area contributed by atoms with E-state index in [2.05, 4.69) is 18.1 Å². The zero-order valence-electron chi connectivity index (χ0n) is 9.12. The summed E-state index contributed by atoms with van der Waals surface area (Å²) in [5.74, 6) is 0. The van der Waals surface area contributed by atoms with Gasteiger partial charge in [0.25, 0.3) is 0 Å². The Morgan fingerprint density at radius 2 is 1.50 bits per heavy atom. The Hall–Kier alpha value is -0.600. The van der Waals surface area contributed by atoms with E-state index in [0.717, 1.165) is 32.5 Å². The molecule has 0 bridgehead atoms. The fourth-order valence-electron chi connectivity index (χ4n) is 1.42. The van der Waals surface area contributed by atoms with Gasteiger partial charge in [0.1, 0.15) is 0 Å². The lowest BCUT2D eigenvalue weighted by Gasteiger charge is -2.18. The van der Waals surface area contributed by atoms with Crippen molar-refractivity contribution in [1.29, 1.82) is 0 Å². The van der Waals surface area contributed by atoms with Crippen molar-refractivity contribution in [2.24, 2.45) is 0 Å². The summed E-state index contributed by atoms with van der Waals surface area (Å²) in [6.45, 7) is 10.8. The normalized spacial score (nSPS) is 10.4. The molecule has 0 aromatic carbocycles. The van der Waals surface area contributed by atoms with Gasteiger partial charge in [0.05, 0.1) is 0 Å². The molecule has 82 valence electrons. The quantitative estimate of drug-likeness (QED) is 0.429. The van der Waals surface area contributed by atoms with Crippen molar-refractivity contribution >= 4 is 0 Å². The molecule has 0 aliphatic heterocycles. The first-order valence-corrected chi connectivity index (χ1v) is 5.40. The molecule has 1 N–H and O–H groups in total. The van der Waals surface area contributed by atoms with E-state index in [4.69, 9.17) is 5.11 Å². The van der Waals surface area contributed by atoms with Gasteiger partial charge in [-0.05, 0) is 19.4 Å². The van der Waals surface area contributed by atoms with Crippen LogP contribution in [0, 0.1) is 0 Å². The second kappa shape index (κ2) is 10.5. The number of rotatable bonds is 10. The monoisotopic (exact) mass is 197 g/mol. The van der Waals surface area contributed by atoms with Gasteiger partial charge in [-0.3, -0.25) is 4.90 Å². The summed E-state index contributed by atoms with van der Waals surface area (Å²) in [6.07, 6.45) is 8.32. The predicted molar refractivity (Wildman–Crippen MR) is 62.4 cm³/mol. The smallest absolute Gasteiger partial charge is 0.0431 e. The predicted octanol–water partition coefficient (Wildman–Crippen LogP) is 2.21. The molecule has 0 atom stereocenters. The maximum absolute atomic E-state index is 8.61. The maximum atomic E-state index is 8.61. The van der Waals surface area contributed by atoms with Crippen LogP contribution in [-0.4, -0.2) is 36.2 Å². The average molecular weight is 197 g/mol. The van der Waals surface area contributed by atoms with Crippen molar-refractivity contribution in [2.75, 3.05) is 26.2 Å². The summed E-state index contributed by atoms with van der Waals surface area (Å²) >= 11 is 0. The fourth-order valence-corrected chi connectivity index (χ4v) is 1.42. The van der Waals surface area contributed by atoms with Crippen LogP contribution in [0.3, 0.4) is 0 Å². The zero-order chi connectivity index (χ0) is 10.6. The lowest BCUT2D eigenvalue weighted by Crippen LogP contribution is -2.24. The summed E-state index contributed by atoms with van der Waals surface area (Å²) in [7, 11) is 0. The zero-order valence-corrected chi connectivity index (χ0v) is 9.12. The molecule has 0 saturated heterocycles. The largest absolute Gasteiger partial charge is 0.396 e. The van der Waals surface area contributed by atoms with Crippen molar-refractivity contribution in [2.45, 2.75) is 25.7 Å². The molecule has 0 aromatic rings. The molecule has 0 aliphatic rings. The molecule has 2 nitrogen and oxygen atoms in total. The third-order valence-corrected chi connectivity index (χ3v) is 2.16. The van der Waals surface area contributed by atoms with Crippen LogP contribution in [0.1, 0.15) is 25.7 Å². The Morgan fingerprint density at radius 1 is 0.929 bits per heavy atom. The molecule has 0 heterocycles. The Balaban J connectivity index is 3.39. The van der Waals surface area contributed by atoms with Crippen molar-refractivity contribution in [3.05, 3.63) is 25.3 Å². The second-order valence-electron chi connectivity index (χ2n) is 3.47. The maximum Gasteiger partial charge on any atom is 0.0431 e.